The molecule has 10 N–H and O–H groups in total. The van der Waals surface area contributed by atoms with Crippen molar-refractivity contribution in [2.75, 3.05) is 51.1 Å². The Morgan fingerprint density at radius 3 is 2.03 bits per heavy atom. The highest BCUT2D eigenvalue weighted by atomic mass is 16.6. The maximum absolute atomic E-state index is 13.6. The number of hydrogen-bond acceptors (Lipinski definition) is 10. The highest BCUT2D eigenvalue weighted by Gasteiger charge is 2.50. The number of rotatable bonds is 9. The van der Waals surface area contributed by atoms with Crippen molar-refractivity contribution >= 4 is 35.0 Å². The summed E-state index contributed by atoms with van der Waals surface area (Å²) in [7, 11) is 0. The summed E-state index contributed by atoms with van der Waals surface area (Å²) in [4.78, 5) is 62.0. The van der Waals surface area contributed by atoms with E-state index in [2.05, 4.69) is 21.3 Å². The molecule has 0 aliphatic carbocycles. The van der Waals surface area contributed by atoms with Gasteiger partial charge in [0, 0.05) is 69.9 Å². The lowest BCUT2D eigenvalue weighted by molar-refractivity contribution is -0.384. The molecule has 15 heteroatoms. The minimum Gasteiger partial charge on any atom is -0.370 e. The zero-order valence-electron chi connectivity index (χ0n) is 19.8. The van der Waals surface area contributed by atoms with E-state index in [1.807, 2.05) is 0 Å². The van der Waals surface area contributed by atoms with Crippen LogP contribution >= 0.6 is 0 Å². The molecule has 1 heterocycles. The van der Waals surface area contributed by atoms with E-state index in [1.165, 1.54) is 29.2 Å². The van der Waals surface area contributed by atoms with E-state index in [0.717, 1.165) is 0 Å². The molecule has 0 saturated carbocycles. The van der Waals surface area contributed by atoms with Gasteiger partial charge in [0.25, 0.3) is 5.69 Å². The Balaban J connectivity index is 2.56. The fourth-order valence-electron chi connectivity index (χ4n) is 4.28. The Labute approximate surface area is 207 Å². The molecule has 36 heavy (non-hydrogen) atoms. The smallest absolute Gasteiger partial charge is 0.269 e. The van der Waals surface area contributed by atoms with Crippen LogP contribution in [0.25, 0.3) is 0 Å². The summed E-state index contributed by atoms with van der Waals surface area (Å²) in [6.07, 6.45) is -0.968. The predicted molar refractivity (Wildman–Crippen MR) is 130 cm³/mol. The number of non-ortho nitro benzene ring substituents is 1. The van der Waals surface area contributed by atoms with E-state index in [1.54, 1.807) is 0 Å². The van der Waals surface area contributed by atoms with E-state index < -0.39 is 53.0 Å². The normalized spacial score (nSPS) is 19.3. The lowest BCUT2D eigenvalue weighted by Gasteiger charge is -2.47. The molecule has 1 atom stereocenters. The Bertz CT molecular complexity index is 940. The number of anilines is 1. The highest BCUT2D eigenvalue weighted by molar-refractivity contribution is 5.97. The number of nitrogens with one attached hydrogen (secondary N) is 4. The zero-order valence-corrected chi connectivity index (χ0v) is 19.8. The Hall–Kier alpha value is -3.66. The van der Waals surface area contributed by atoms with Crippen LogP contribution in [-0.4, -0.2) is 90.8 Å². The lowest BCUT2D eigenvalue weighted by atomic mass is 9.79. The standard InChI is InChI=1S/C21H33N9O6/c22-16(31)11-21(12-17(23)32)19(20(34)28-14-1-3-15(4-2-14)30(35)36)27-8-7-25-5-6-26-9-10-29(21)13-18(24)33/h1-4,19,25-27H,5-13H2,(H2,22,31)(H2,23,32)(H2,24,33)(H,28,34). The number of carbonyl (C=O) groups is 4. The molecule has 1 aliphatic rings. The second-order valence-electron chi connectivity index (χ2n) is 8.46. The average molecular weight is 508 g/mol. The SMILES string of the molecule is NC(=O)CN1CCNCCNCCNC(C(=O)Nc2ccc([N+](=O)[O-])cc2)C1(CC(N)=O)CC(N)=O. The molecule has 15 nitrogen and oxygen atoms in total. The van der Waals surface area contributed by atoms with Crippen LogP contribution < -0.4 is 38.5 Å². The van der Waals surface area contributed by atoms with Gasteiger partial charge in [0.2, 0.25) is 23.6 Å². The zero-order chi connectivity index (χ0) is 26.7. The minimum atomic E-state index is -1.64. The van der Waals surface area contributed by atoms with Gasteiger partial charge in [-0.2, -0.15) is 0 Å². The van der Waals surface area contributed by atoms with E-state index in [0.29, 0.717) is 26.2 Å². The van der Waals surface area contributed by atoms with Crippen molar-refractivity contribution < 1.29 is 24.1 Å². The molecular formula is C21H33N9O6. The van der Waals surface area contributed by atoms with Gasteiger partial charge in [-0.05, 0) is 12.1 Å². The molecule has 4 amide bonds. The lowest BCUT2D eigenvalue weighted by Crippen LogP contribution is -2.69. The average Bonchev–Trinajstić information content (AvgIpc) is 2.77. The number of benzene rings is 1. The summed E-state index contributed by atoms with van der Waals surface area (Å²) in [6.45, 7) is 2.09. The maximum Gasteiger partial charge on any atom is 0.269 e. The Kier molecular flexibility index (Phi) is 10.7. The van der Waals surface area contributed by atoms with E-state index in [-0.39, 0.29) is 31.0 Å². The number of nitrogens with zero attached hydrogens (tertiary/aromatic N) is 2. The molecule has 198 valence electrons. The summed E-state index contributed by atoms with van der Waals surface area (Å²) in [5, 5.41) is 23.1. The third kappa shape index (κ3) is 8.23. The molecular weight excluding hydrogens is 474 g/mol. The van der Waals surface area contributed by atoms with Gasteiger partial charge in [-0.1, -0.05) is 0 Å². The molecule has 2 rings (SSSR count). The first-order valence-electron chi connectivity index (χ1n) is 11.4. The Morgan fingerprint density at radius 2 is 1.50 bits per heavy atom. The van der Waals surface area contributed by atoms with E-state index >= 15 is 0 Å². The van der Waals surface area contributed by atoms with Crippen LogP contribution in [-0.2, 0) is 19.2 Å². The third-order valence-corrected chi connectivity index (χ3v) is 5.77. The molecule has 0 spiro atoms. The minimum absolute atomic E-state index is 0.145. The summed E-state index contributed by atoms with van der Waals surface area (Å²) >= 11 is 0. The van der Waals surface area contributed by atoms with Crippen molar-refractivity contribution in [3.63, 3.8) is 0 Å². The summed E-state index contributed by atoms with van der Waals surface area (Å²) in [6, 6.07) is 3.88. The number of hydrogen-bond donors (Lipinski definition) is 7. The van der Waals surface area contributed by atoms with Crippen molar-refractivity contribution in [3.8, 4) is 0 Å². The third-order valence-electron chi connectivity index (χ3n) is 5.77. The number of nitro groups is 1. The van der Waals surface area contributed by atoms with Gasteiger partial charge in [-0.3, -0.25) is 34.2 Å². The molecule has 0 radical (unpaired) electrons. The first kappa shape index (κ1) is 28.6. The quantitative estimate of drug-likeness (QED) is 0.132. The molecule has 0 aromatic heterocycles. The van der Waals surface area contributed by atoms with Gasteiger partial charge in [0.1, 0.15) is 6.04 Å². The first-order valence-corrected chi connectivity index (χ1v) is 11.4. The second-order valence-corrected chi connectivity index (χ2v) is 8.46. The predicted octanol–water partition coefficient (Wildman–Crippen LogP) is -3.04. The fraction of sp³-hybridized carbons (Fsp3) is 0.524. The molecule has 1 aromatic carbocycles. The van der Waals surface area contributed by atoms with Gasteiger partial charge in [-0.15, -0.1) is 0 Å². The molecule has 1 aromatic rings. The molecule has 0 bridgehead atoms. The van der Waals surface area contributed by atoms with Crippen LogP contribution in [0.1, 0.15) is 12.8 Å². The number of nitrogens with two attached hydrogens (primary N) is 3. The maximum atomic E-state index is 13.6. The summed E-state index contributed by atoms with van der Waals surface area (Å²) < 4.78 is 0. The number of amides is 4. The first-order chi connectivity index (χ1) is 17.0. The highest BCUT2D eigenvalue weighted by Crippen LogP contribution is 2.30. The van der Waals surface area contributed by atoms with Gasteiger partial charge in [0.05, 0.1) is 17.0 Å². The van der Waals surface area contributed by atoms with Crippen LogP contribution in [0, 0.1) is 10.1 Å². The fourth-order valence-corrected chi connectivity index (χ4v) is 4.28. The van der Waals surface area contributed by atoms with Crippen molar-refractivity contribution in [2.45, 2.75) is 24.4 Å². The molecule has 1 aliphatic heterocycles. The van der Waals surface area contributed by atoms with Gasteiger partial charge >= 0.3 is 0 Å². The van der Waals surface area contributed by atoms with Gasteiger partial charge in [-0.25, -0.2) is 0 Å². The monoisotopic (exact) mass is 507 g/mol. The molecule has 1 fully saturated rings. The van der Waals surface area contributed by atoms with Gasteiger partial charge < -0.3 is 38.5 Å². The molecule has 1 saturated heterocycles. The van der Waals surface area contributed by atoms with Crippen LogP contribution in [0.5, 0.6) is 0 Å². The topological polar surface area (TPSA) is 241 Å². The van der Waals surface area contributed by atoms with Crippen molar-refractivity contribution in [1.82, 2.24) is 20.9 Å². The summed E-state index contributed by atoms with van der Waals surface area (Å²) in [5.74, 6) is -3.04. The Morgan fingerprint density at radius 1 is 0.944 bits per heavy atom. The number of carbonyl (C=O) groups excluding carboxylic acids is 4. The second kappa shape index (κ2) is 13.4. The van der Waals surface area contributed by atoms with E-state index in [4.69, 9.17) is 17.2 Å². The summed E-state index contributed by atoms with van der Waals surface area (Å²) in [5.41, 5.74) is 15.1. The van der Waals surface area contributed by atoms with Crippen molar-refractivity contribution in [3.05, 3.63) is 34.4 Å². The van der Waals surface area contributed by atoms with Gasteiger partial charge in [0.15, 0.2) is 0 Å². The number of primary amides is 3. The van der Waals surface area contributed by atoms with Crippen molar-refractivity contribution in [1.29, 1.82) is 0 Å². The molecule has 1 unspecified atom stereocenters. The van der Waals surface area contributed by atoms with Crippen LogP contribution in [0.2, 0.25) is 0 Å². The van der Waals surface area contributed by atoms with Crippen LogP contribution in [0.3, 0.4) is 0 Å². The van der Waals surface area contributed by atoms with Crippen molar-refractivity contribution in [2.24, 2.45) is 17.2 Å². The largest absolute Gasteiger partial charge is 0.370 e. The number of nitro benzene ring substituents is 1. The van der Waals surface area contributed by atoms with Crippen LogP contribution in [0.15, 0.2) is 24.3 Å². The van der Waals surface area contributed by atoms with E-state index in [9.17, 15) is 29.3 Å². The van der Waals surface area contributed by atoms with Crippen LogP contribution in [0.4, 0.5) is 11.4 Å².